The van der Waals surface area contributed by atoms with Gasteiger partial charge in [0.15, 0.2) is 5.96 Å². The van der Waals surface area contributed by atoms with Crippen molar-refractivity contribution in [3.8, 4) is 0 Å². The summed E-state index contributed by atoms with van der Waals surface area (Å²) in [6.45, 7) is 5.76. The average Bonchev–Trinajstić information content (AvgIpc) is 3.19. The van der Waals surface area contributed by atoms with Crippen molar-refractivity contribution in [3.05, 3.63) is 52.0 Å². The van der Waals surface area contributed by atoms with Crippen molar-refractivity contribution in [2.45, 2.75) is 45.2 Å². The third-order valence-corrected chi connectivity index (χ3v) is 5.13. The zero-order chi connectivity index (χ0) is 16.1. The molecule has 2 N–H and O–H groups in total. The van der Waals surface area contributed by atoms with Crippen LogP contribution in [0.25, 0.3) is 0 Å². The molecule has 0 aliphatic heterocycles. The van der Waals surface area contributed by atoms with Crippen LogP contribution >= 0.6 is 11.3 Å². The highest BCUT2D eigenvalue weighted by Crippen LogP contribution is 2.40. The van der Waals surface area contributed by atoms with Gasteiger partial charge in [-0.3, -0.25) is 0 Å². The number of benzene rings is 1. The lowest BCUT2D eigenvalue weighted by molar-refractivity contribution is 0.794. The van der Waals surface area contributed by atoms with E-state index in [2.05, 4.69) is 64.8 Å². The molecule has 1 fully saturated rings. The zero-order valence-electron chi connectivity index (χ0n) is 13.7. The molecule has 1 saturated carbocycles. The predicted octanol–water partition coefficient (Wildman–Crippen LogP) is 3.32. The summed E-state index contributed by atoms with van der Waals surface area (Å²) in [5.74, 6) is 1.50. The Hall–Kier alpha value is -1.88. The quantitative estimate of drug-likeness (QED) is 0.632. The van der Waals surface area contributed by atoms with Crippen LogP contribution in [0.1, 0.15) is 41.6 Å². The molecule has 0 radical (unpaired) electrons. The van der Waals surface area contributed by atoms with E-state index in [0.717, 1.165) is 23.9 Å². The molecule has 0 saturated heterocycles. The molecule has 0 spiro atoms. The lowest BCUT2D eigenvalue weighted by Gasteiger charge is -2.11. The molecule has 1 aromatic heterocycles. The van der Waals surface area contributed by atoms with Gasteiger partial charge in [-0.2, -0.15) is 0 Å². The van der Waals surface area contributed by atoms with E-state index >= 15 is 0 Å². The lowest BCUT2D eigenvalue weighted by atomic mass is 10.1. The molecule has 3 rings (SSSR count). The second-order valence-electron chi connectivity index (χ2n) is 5.77. The second kappa shape index (κ2) is 7.59. The zero-order valence-corrected chi connectivity index (χ0v) is 14.6. The number of aryl methyl sites for hydroxylation is 1. The maximum Gasteiger partial charge on any atom is 0.191 e. The van der Waals surface area contributed by atoms with Gasteiger partial charge in [0, 0.05) is 29.6 Å². The van der Waals surface area contributed by atoms with Crippen molar-refractivity contribution in [2.75, 3.05) is 6.54 Å². The van der Waals surface area contributed by atoms with Crippen LogP contribution in [-0.2, 0) is 13.0 Å². The number of guanidine groups is 1. The fourth-order valence-corrected chi connectivity index (χ4v) is 3.44. The van der Waals surface area contributed by atoms with Crippen molar-refractivity contribution < 1.29 is 0 Å². The number of thiazole rings is 1. The molecule has 23 heavy (non-hydrogen) atoms. The summed E-state index contributed by atoms with van der Waals surface area (Å²) in [6, 6.07) is 11.2. The van der Waals surface area contributed by atoms with Gasteiger partial charge in [-0.05, 0) is 25.3 Å². The normalized spacial score (nSPS) is 20.3. The largest absolute Gasteiger partial charge is 0.357 e. The Morgan fingerprint density at radius 3 is 2.83 bits per heavy atom. The van der Waals surface area contributed by atoms with Crippen molar-refractivity contribution >= 4 is 17.3 Å². The third-order valence-electron chi connectivity index (χ3n) is 4.01. The van der Waals surface area contributed by atoms with Gasteiger partial charge >= 0.3 is 0 Å². The van der Waals surface area contributed by atoms with Crippen LogP contribution in [0.3, 0.4) is 0 Å². The fourth-order valence-electron chi connectivity index (χ4n) is 2.65. The molecule has 1 heterocycles. The smallest absolute Gasteiger partial charge is 0.191 e. The number of rotatable bonds is 6. The number of aliphatic imine (C=N–C) groups is 1. The highest BCUT2D eigenvalue weighted by Gasteiger charge is 2.38. The van der Waals surface area contributed by atoms with Crippen LogP contribution in [0.2, 0.25) is 0 Å². The summed E-state index contributed by atoms with van der Waals surface area (Å²) in [7, 11) is 0. The van der Waals surface area contributed by atoms with Gasteiger partial charge in [0.2, 0.25) is 0 Å². The van der Waals surface area contributed by atoms with Gasteiger partial charge in [-0.25, -0.2) is 9.98 Å². The fraction of sp³-hybridized carbons (Fsp3) is 0.444. The Balaban J connectivity index is 1.58. The summed E-state index contributed by atoms with van der Waals surface area (Å²) < 4.78 is 0. The molecule has 0 amide bonds. The summed E-state index contributed by atoms with van der Waals surface area (Å²) in [4.78, 5) is 10.4. The molecule has 1 aliphatic rings. The van der Waals surface area contributed by atoms with Gasteiger partial charge < -0.3 is 10.6 Å². The molecule has 5 heteroatoms. The van der Waals surface area contributed by atoms with E-state index in [9.17, 15) is 0 Å². The predicted molar refractivity (Wildman–Crippen MR) is 97.0 cm³/mol. The molecule has 2 unspecified atom stereocenters. The monoisotopic (exact) mass is 328 g/mol. The highest BCUT2D eigenvalue weighted by atomic mass is 32.1. The first-order valence-corrected chi connectivity index (χ1v) is 9.15. The van der Waals surface area contributed by atoms with E-state index in [4.69, 9.17) is 0 Å². The van der Waals surface area contributed by atoms with E-state index < -0.39 is 0 Å². The van der Waals surface area contributed by atoms with E-state index in [1.54, 1.807) is 11.3 Å². The Labute approximate surface area is 142 Å². The van der Waals surface area contributed by atoms with Crippen LogP contribution in [0, 0.1) is 0 Å². The van der Waals surface area contributed by atoms with Gasteiger partial charge in [0.1, 0.15) is 5.01 Å². The number of nitrogens with zero attached hydrogens (tertiary/aromatic N) is 2. The summed E-state index contributed by atoms with van der Waals surface area (Å²) in [5.41, 5.74) is 1.41. The molecule has 122 valence electrons. The minimum atomic E-state index is 0.484. The molecule has 1 aromatic carbocycles. The number of hydrogen-bond donors (Lipinski definition) is 2. The van der Waals surface area contributed by atoms with Crippen LogP contribution in [0.4, 0.5) is 0 Å². The summed E-state index contributed by atoms with van der Waals surface area (Å²) in [5, 5.41) is 7.96. The molecule has 4 nitrogen and oxygen atoms in total. The maximum atomic E-state index is 4.68. The molecule has 2 aromatic rings. The standard InChI is InChI=1S/C18H24N4S/c1-3-14-11-20-17(23-14)12-21-18(19-4-2)22-16-10-15(16)13-8-6-5-7-9-13/h5-9,11,15-16H,3-4,10,12H2,1-2H3,(H2,19,21,22). The van der Waals surface area contributed by atoms with Gasteiger partial charge in [0.05, 0.1) is 6.54 Å². The maximum absolute atomic E-state index is 4.68. The van der Waals surface area contributed by atoms with Crippen molar-refractivity contribution in [1.82, 2.24) is 15.6 Å². The molecule has 2 atom stereocenters. The van der Waals surface area contributed by atoms with Crippen molar-refractivity contribution in [1.29, 1.82) is 0 Å². The molecule has 0 bridgehead atoms. The first-order valence-electron chi connectivity index (χ1n) is 8.33. The van der Waals surface area contributed by atoms with Gasteiger partial charge in [0.25, 0.3) is 0 Å². The van der Waals surface area contributed by atoms with Gasteiger partial charge in [-0.15, -0.1) is 11.3 Å². The Kier molecular flexibility index (Phi) is 5.28. The topological polar surface area (TPSA) is 49.3 Å². The number of hydrogen-bond acceptors (Lipinski definition) is 3. The first kappa shape index (κ1) is 16.0. The van der Waals surface area contributed by atoms with Gasteiger partial charge in [-0.1, -0.05) is 37.3 Å². The number of nitrogens with one attached hydrogen (secondary N) is 2. The van der Waals surface area contributed by atoms with Crippen LogP contribution in [0.5, 0.6) is 0 Å². The Morgan fingerprint density at radius 2 is 2.13 bits per heavy atom. The van der Waals surface area contributed by atoms with Crippen LogP contribution in [-0.4, -0.2) is 23.5 Å². The van der Waals surface area contributed by atoms with E-state index in [-0.39, 0.29) is 0 Å². The van der Waals surface area contributed by atoms with Crippen LogP contribution < -0.4 is 10.6 Å². The summed E-state index contributed by atoms with van der Waals surface area (Å²) >= 11 is 1.75. The van der Waals surface area contributed by atoms with Crippen molar-refractivity contribution in [3.63, 3.8) is 0 Å². The summed E-state index contributed by atoms with van der Waals surface area (Å²) in [6.07, 6.45) is 4.17. The Morgan fingerprint density at radius 1 is 1.30 bits per heavy atom. The van der Waals surface area contributed by atoms with Crippen molar-refractivity contribution in [2.24, 2.45) is 4.99 Å². The lowest BCUT2D eigenvalue weighted by Crippen LogP contribution is -2.39. The third kappa shape index (κ3) is 4.32. The SMILES string of the molecule is CCNC(=NCc1ncc(CC)s1)NC1CC1c1ccccc1. The average molecular weight is 328 g/mol. The van der Waals surface area contributed by atoms with E-state index in [0.29, 0.717) is 18.5 Å². The Bertz CT molecular complexity index is 650. The first-order chi connectivity index (χ1) is 11.3. The van der Waals surface area contributed by atoms with E-state index in [1.165, 1.54) is 16.9 Å². The van der Waals surface area contributed by atoms with Crippen LogP contribution in [0.15, 0.2) is 41.5 Å². The molecular weight excluding hydrogens is 304 g/mol. The molecule has 1 aliphatic carbocycles. The minimum absolute atomic E-state index is 0.484. The second-order valence-corrected chi connectivity index (χ2v) is 6.97. The highest BCUT2D eigenvalue weighted by molar-refractivity contribution is 7.11. The minimum Gasteiger partial charge on any atom is -0.357 e. The molecular formula is C18H24N4S. The number of aromatic nitrogens is 1. The van der Waals surface area contributed by atoms with E-state index in [1.807, 2.05) is 6.20 Å².